The summed E-state index contributed by atoms with van der Waals surface area (Å²) in [5.41, 5.74) is 1.02. The van der Waals surface area contributed by atoms with Crippen LogP contribution in [0.3, 0.4) is 0 Å². The molecule has 7 nitrogen and oxygen atoms in total. The number of thiazole rings is 1. The van der Waals surface area contributed by atoms with Crippen LogP contribution in [0.4, 0.5) is 5.13 Å². The van der Waals surface area contributed by atoms with Crippen molar-refractivity contribution in [2.24, 2.45) is 0 Å². The Morgan fingerprint density at radius 2 is 1.90 bits per heavy atom. The fourth-order valence-electron chi connectivity index (χ4n) is 3.66. The maximum atomic E-state index is 13.0. The number of rotatable bonds is 5. The van der Waals surface area contributed by atoms with Gasteiger partial charge >= 0.3 is 0 Å². The van der Waals surface area contributed by atoms with Gasteiger partial charge in [-0.3, -0.25) is 19.8 Å². The zero-order valence-corrected chi connectivity index (χ0v) is 17.5. The van der Waals surface area contributed by atoms with Gasteiger partial charge in [-0.25, -0.2) is 9.67 Å². The molecule has 8 heteroatoms. The average molecular weight is 412 g/mol. The smallest absolute Gasteiger partial charge is 0.278 e. The monoisotopic (exact) mass is 411 g/mol. The second-order valence-corrected chi connectivity index (χ2v) is 8.53. The van der Waals surface area contributed by atoms with Crippen molar-refractivity contribution in [1.82, 2.24) is 19.7 Å². The second kappa shape index (κ2) is 8.42. The molecular weight excluding hydrogens is 386 g/mol. The molecular formula is C21H25N5O2S. The Bertz CT molecular complexity index is 1080. The minimum atomic E-state index is -0.352. The van der Waals surface area contributed by atoms with Crippen molar-refractivity contribution < 1.29 is 4.79 Å². The summed E-state index contributed by atoms with van der Waals surface area (Å²) in [6, 6.07) is 6.95. The van der Waals surface area contributed by atoms with E-state index in [0.29, 0.717) is 15.9 Å². The van der Waals surface area contributed by atoms with Crippen molar-refractivity contribution in [1.29, 1.82) is 0 Å². The van der Waals surface area contributed by atoms with Gasteiger partial charge in [-0.05, 0) is 45.8 Å². The molecule has 1 N–H and O–H groups in total. The molecule has 1 amide bonds. The van der Waals surface area contributed by atoms with Crippen LogP contribution < -0.4 is 10.9 Å². The molecule has 1 aliphatic rings. The van der Waals surface area contributed by atoms with Crippen LogP contribution in [0.1, 0.15) is 55.3 Å². The molecule has 1 fully saturated rings. The molecule has 0 aliphatic carbocycles. The van der Waals surface area contributed by atoms with E-state index in [4.69, 9.17) is 0 Å². The van der Waals surface area contributed by atoms with Gasteiger partial charge in [-0.2, -0.15) is 5.10 Å². The zero-order chi connectivity index (χ0) is 20.4. The Kier molecular flexibility index (Phi) is 5.73. The molecule has 0 radical (unpaired) electrons. The van der Waals surface area contributed by atoms with Gasteiger partial charge in [-0.1, -0.05) is 24.6 Å². The molecule has 2 aromatic heterocycles. The lowest BCUT2D eigenvalue weighted by atomic mass is 10.1. The third-order valence-electron chi connectivity index (χ3n) is 5.14. The van der Waals surface area contributed by atoms with Gasteiger partial charge in [0.05, 0.1) is 17.1 Å². The number of nitrogens with zero attached hydrogens (tertiary/aromatic N) is 4. The molecule has 0 atom stereocenters. The molecule has 3 heterocycles. The van der Waals surface area contributed by atoms with Crippen molar-refractivity contribution in [2.45, 2.75) is 45.7 Å². The van der Waals surface area contributed by atoms with Crippen LogP contribution in [-0.2, 0) is 6.54 Å². The maximum absolute atomic E-state index is 13.0. The molecule has 1 saturated heterocycles. The van der Waals surface area contributed by atoms with Gasteiger partial charge < -0.3 is 0 Å². The Morgan fingerprint density at radius 3 is 2.62 bits per heavy atom. The summed E-state index contributed by atoms with van der Waals surface area (Å²) in [5.74, 6) is -0.352. The summed E-state index contributed by atoms with van der Waals surface area (Å²) in [6.07, 6.45) is 3.77. The summed E-state index contributed by atoms with van der Waals surface area (Å²) in [4.78, 5) is 32.6. The fourth-order valence-corrected chi connectivity index (χ4v) is 4.36. The molecule has 1 aliphatic heterocycles. The lowest BCUT2D eigenvalue weighted by Crippen LogP contribution is -2.29. The van der Waals surface area contributed by atoms with Crippen molar-refractivity contribution in [3.05, 3.63) is 51.4 Å². The number of benzene rings is 1. The molecule has 3 aromatic rings. The summed E-state index contributed by atoms with van der Waals surface area (Å²) in [5, 5.41) is 10.8. The Morgan fingerprint density at radius 1 is 1.17 bits per heavy atom. The number of amides is 1. The van der Waals surface area contributed by atoms with Crippen LogP contribution in [0.2, 0.25) is 0 Å². The highest BCUT2D eigenvalue weighted by molar-refractivity contribution is 7.14. The van der Waals surface area contributed by atoms with E-state index in [0.717, 1.165) is 25.3 Å². The first kappa shape index (κ1) is 19.7. The van der Waals surface area contributed by atoms with Crippen LogP contribution in [0.5, 0.6) is 0 Å². The molecule has 4 rings (SSSR count). The summed E-state index contributed by atoms with van der Waals surface area (Å²) < 4.78 is 1.36. The Labute approximate surface area is 173 Å². The third kappa shape index (κ3) is 4.23. The summed E-state index contributed by atoms with van der Waals surface area (Å²) in [6.45, 7) is 6.76. The topological polar surface area (TPSA) is 80.1 Å². The maximum Gasteiger partial charge on any atom is 0.278 e. The Balaban J connectivity index is 1.58. The van der Waals surface area contributed by atoms with Crippen LogP contribution in [0.25, 0.3) is 10.8 Å². The van der Waals surface area contributed by atoms with Gasteiger partial charge in [0.1, 0.15) is 0 Å². The number of likely N-dealkylation sites (tertiary alicyclic amines) is 1. The van der Waals surface area contributed by atoms with E-state index in [1.165, 1.54) is 35.3 Å². The van der Waals surface area contributed by atoms with Crippen LogP contribution in [-0.4, -0.2) is 38.7 Å². The number of anilines is 1. The number of fused-ring (bicyclic) bond motifs is 1. The van der Waals surface area contributed by atoms with Gasteiger partial charge in [-0.15, -0.1) is 11.3 Å². The van der Waals surface area contributed by atoms with Crippen molar-refractivity contribution in [3.8, 4) is 0 Å². The number of hydrogen-bond donors (Lipinski definition) is 1. The van der Waals surface area contributed by atoms with E-state index in [2.05, 4.69) is 20.3 Å². The number of nitrogens with one attached hydrogen (secondary N) is 1. The predicted octanol–water partition coefficient (Wildman–Crippen LogP) is 3.67. The number of hydrogen-bond acceptors (Lipinski definition) is 6. The van der Waals surface area contributed by atoms with E-state index >= 15 is 0 Å². The number of aromatic nitrogens is 3. The minimum Gasteiger partial charge on any atom is -0.297 e. The highest BCUT2D eigenvalue weighted by Crippen LogP contribution is 2.21. The lowest BCUT2D eigenvalue weighted by Gasteiger charge is -2.25. The van der Waals surface area contributed by atoms with Gasteiger partial charge in [0, 0.05) is 17.3 Å². The van der Waals surface area contributed by atoms with Crippen molar-refractivity contribution in [3.63, 3.8) is 0 Å². The van der Waals surface area contributed by atoms with Crippen molar-refractivity contribution >= 4 is 33.1 Å². The molecule has 29 heavy (non-hydrogen) atoms. The van der Waals surface area contributed by atoms with E-state index in [9.17, 15) is 9.59 Å². The van der Waals surface area contributed by atoms with E-state index in [1.807, 2.05) is 19.2 Å². The molecule has 0 saturated carbocycles. The van der Waals surface area contributed by atoms with E-state index < -0.39 is 0 Å². The molecule has 0 unspecified atom stereocenters. The number of carbonyl (C=O) groups excluding carboxylic acids is 1. The van der Waals surface area contributed by atoms with Crippen LogP contribution in [0.15, 0.2) is 34.4 Å². The first-order chi connectivity index (χ1) is 14.0. The molecule has 1 aromatic carbocycles. The van der Waals surface area contributed by atoms with Gasteiger partial charge in [0.2, 0.25) is 0 Å². The summed E-state index contributed by atoms with van der Waals surface area (Å²) in [7, 11) is 0. The quantitative estimate of drug-likeness (QED) is 0.693. The van der Waals surface area contributed by atoms with Crippen molar-refractivity contribution in [2.75, 3.05) is 18.4 Å². The largest absolute Gasteiger partial charge is 0.297 e. The Hall–Kier alpha value is -2.58. The normalized spacial score (nSPS) is 15.1. The van der Waals surface area contributed by atoms with Gasteiger partial charge in [0.25, 0.3) is 11.5 Å². The minimum absolute atomic E-state index is 0.144. The molecule has 0 bridgehead atoms. The van der Waals surface area contributed by atoms with Crippen LogP contribution >= 0.6 is 11.3 Å². The predicted molar refractivity (Wildman–Crippen MR) is 116 cm³/mol. The lowest BCUT2D eigenvalue weighted by molar-refractivity contribution is 0.102. The first-order valence-electron chi connectivity index (χ1n) is 10.0. The fraction of sp³-hybridized carbons (Fsp3) is 0.429. The van der Waals surface area contributed by atoms with Gasteiger partial charge in [0.15, 0.2) is 10.8 Å². The average Bonchev–Trinajstić information content (AvgIpc) is 3.15. The first-order valence-corrected chi connectivity index (χ1v) is 10.9. The standard InChI is InChI=1S/C21H25N5O2S/c1-14(2)26-20(28)17-9-5-4-8-16(17)18(24-26)19(27)23-21-22-15(13-29-21)12-25-10-6-3-7-11-25/h4-5,8-9,13-14H,3,6-7,10-12H2,1-2H3,(H,22,23,27). The second-order valence-electron chi connectivity index (χ2n) is 7.67. The number of piperidine rings is 1. The number of carbonyl (C=O) groups is 1. The molecule has 0 spiro atoms. The highest BCUT2D eigenvalue weighted by atomic mass is 32.1. The zero-order valence-electron chi connectivity index (χ0n) is 16.7. The SMILES string of the molecule is CC(C)n1nc(C(=O)Nc2nc(CN3CCCCC3)cs2)c2ccccc2c1=O. The third-order valence-corrected chi connectivity index (χ3v) is 5.95. The molecule has 152 valence electrons. The highest BCUT2D eigenvalue weighted by Gasteiger charge is 2.19. The van der Waals surface area contributed by atoms with E-state index in [1.54, 1.807) is 24.3 Å². The van der Waals surface area contributed by atoms with E-state index in [-0.39, 0.29) is 23.2 Å². The van der Waals surface area contributed by atoms with Crippen LogP contribution in [0, 0.1) is 0 Å². The summed E-state index contributed by atoms with van der Waals surface area (Å²) >= 11 is 1.41.